The maximum absolute atomic E-state index is 3.99. The first-order valence-electron chi connectivity index (χ1n) is 3.77. The molecule has 2 aliphatic heterocycles. The summed E-state index contributed by atoms with van der Waals surface area (Å²) in [7, 11) is 0. The van der Waals surface area contributed by atoms with Gasteiger partial charge >= 0.3 is 0 Å². The second-order valence-electron chi connectivity index (χ2n) is 3.22. The van der Waals surface area contributed by atoms with Crippen molar-refractivity contribution in [1.82, 2.24) is 4.90 Å². The number of hydrogen-bond acceptors (Lipinski definition) is 1. The van der Waals surface area contributed by atoms with E-state index in [9.17, 15) is 0 Å². The SMILES string of the molecule is C=C1C[C@@H]2CCCN2C1. The highest BCUT2D eigenvalue weighted by atomic mass is 15.2. The number of nitrogens with zero attached hydrogens (tertiary/aromatic N) is 1. The molecule has 2 rings (SSSR count). The summed E-state index contributed by atoms with van der Waals surface area (Å²) >= 11 is 0. The zero-order chi connectivity index (χ0) is 6.27. The Kier molecular flexibility index (Phi) is 1.12. The van der Waals surface area contributed by atoms with E-state index in [-0.39, 0.29) is 0 Å². The van der Waals surface area contributed by atoms with Gasteiger partial charge in [-0.2, -0.15) is 0 Å². The first kappa shape index (κ1) is 5.48. The van der Waals surface area contributed by atoms with Gasteiger partial charge in [-0.25, -0.2) is 0 Å². The summed E-state index contributed by atoms with van der Waals surface area (Å²) in [5.74, 6) is 0. The molecule has 2 heterocycles. The lowest BCUT2D eigenvalue weighted by atomic mass is 10.1. The summed E-state index contributed by atoms with van der Waals surface area (Å²) in [5.41, 5.74) is 1.44. The minimum absolute atomic E-state index is 0.887. The predicted octanol–water partition coefficient (Wildman–Crippen LogP) is 1.41. The van der Waals surface area contributed by atoms with Crippen LogP contribution in [0.5, 0.6) is 0 Å². The van der Waals surface area contributed by atoms with Crippen molar-refractivity contribution in [3.8, 4) is 0 Å². The average Bonchev–Trinajstić information content (AvgIpc) is 2.22. The van der Waals surface area contributed by atoms with E-state index in [0.29, 0.717) is 0 Å². The van der Waals surface area contributed by atoms with Crippen molar-refractivity contribution in [2.75, 3.05) is 13.1 Å². The monoisotopic (exact) mass is 123 g/mol. The van der Waals surface area contributed by atoms with Crippen LogP contribution in [0.15, 0.2) is 12.2 Å². The molecule has 2 saturated heterocycles. The van der Waals surface area contributed by atoms with E-state index in [1.807, 2.05) is 0 Å². The Morgan fingerprint density at radius 3 is 3.22 bits per heavy atom. The molecule has 0 amide bonds. The fourth-order valence-corrected chi connectivity index (χ4v) is 2.02. The first-order chi connectivity index (χ1) is 4.36. The molecule has 1 heteroatoms. The summed E-state index contributed by atoms with van der Waals surface area (Å²) in [6.45, 7) is 6.50. The molecule has 0 unspecified atom stereocenters. The third-order valence-electron chi connectivity index (χ3n) is 2.45. The van der Waals surface area contributed by atoms with E-state index in [2.05, 4.69) is 11.5 Å². The zero-order valence-electron chi connectivity index (χ0n) is 5.77. The standard InChI is InChI=1S/C8H13N/c1-7-5-8-3-2-4-9(8)6-7/h8H,1-6H2/t8-/m0/s1. The van der Waals surface area contributed by atoms with Crippen LogP contribution in [0, 0.1) is 0 Å². The van der Waals surface area contributed by atoms with Crippen molar-refractivity contribution in [1.29, 1.82) is 0 Å². The van der Waals surface area contributed by atoms with Crippen LogP contribution in [0.25, 0.3) is 0 Å². The molecule has 2 aliphatic rings. The quantitative estimate of drug-likeness (QED) is 0.440. The van der Waals surface area contributed by atoms with Crippen molar-refractivity contribution in [3.63, 3.8) is 0 Å². The van der Waals surface area contributed by atoms with Gasteiger partial charge in [-0.1, -0.05) is 12.2 Å². The van der Waals surface area contributed by atoms with Crippen LogP contribution in [0.2, 0.25) is 0 Å². The van der Waals surface area contributed by atoms with Gasteiger partial charge in [0.05, 0.1) is 0 Å². The van der Waals surface area contributed by atoms with Gasteiger partial charge in [-0.05, 0) is 25.8 Å². The number of rotatable bonds is 0. The molecular weight excluding hydrogens is 110 g/mol. The Hall–Kier alpha value is -0.300. The molecule has 1 nitrogen and oxygen atoms in total. The smallest absolute Gasteiger partial charge is 0.0193 e. The Bertz CT molecular complexity index is 126. The van der Waals surface area contributed by atoms with E-state index < -0.39 is 0 Å². The molecular formula is C8H13N. The Balaban J connectivity index is 2.09. The van der Waals surface area contributed by atoms with Gasteiger partial charge in [0.2, 0.25) is 0 Å². The van der Waals surface area contributed by atoms with Crippen LogP contribution >= 0.6 is 0 Å². The maximum atomic E-state index is 3.99. The molecule has 0 spiro atoms. The third-order valence-corrected chi connectivity index (χ3v) is 2.45. The van der Waals surface area contributed by atoms with Gasteiger partial charge in [-0.3, -0.25) is 4.90 Å². The molecule has 0 bridgehead atoms. The molecule has 0 radical (unpaired) electrons. The van der Waals surface area contributed by atoms with Gasteiger partial charge in [0, 0.05) is 12.6 Å². The predicted molar refractivity (Wildman–Crippen MR) is 38.4 cm³/mol. The van der Waals surface area contributed by atoms with Gasteiger partial charge in [0.1, 0.15) is 0 Å². The Labute approximate surface area is 56.4 Å². The lowest BCUT2D eigenvalue weighted by molar-refractivity contribution is 0.327. The van der Waals surface area contributed by atoms with Crippen molar-refractivity contribution in [2.45, 2.75) is 25.3 Å². The average molecular weight is 123 g/mol. The fourth-order valence-electron chi connectivity index (χ4n) is 2.02. The third kappa shape index (κ3) is 0.799. The summed E-state index contributed by atoms with van der Waals surface area (Å²) < 4.78 is 0. The summed E-state index contributed by atoms with van der Waals surface area (Å²) in [6.07, 6.45) is 4.11. The van der Waals surface area contributed by atoms with E-state index in [1.165, 1.54) is 37.9 Å². The van der Waals surface area contributed by atoms with Crippen molar-refractivity contribution < 1.29 is 0 Å². The summed E-state index contributed by atoms with van der Waals surface area (Å²) in [5, 5.41) is 0. The molecule has 50 valence electrons. The molecule has 0 aromatic carbocycles. The van der Waals surface area contributed by atoms with Gasteiger partial charge in [-0.15, -0.1) is 0 Å². The summed E-state index contributed by atoms with van der Waals surface area (Å²) in [4.78, 5) is 2.56. The normalized spacial score (nSPS) is 35.6. The summed E-state index contributed by atoms with van der Waals surface area (Å²) in [6, 6.07) is 0.887. The second kappa shape index (κ2) is 1.84. The molecule has 0 aliphatic carbocycles. The lowest BCUT2D eigenvalue weighted by Gasteiger charge is -2.11. The lowest BCUT2D eigenvalue weighted by Crippen LogP contribution is -2.21. The molecule has 1 atom stereocenters. The zero-order valence-corrected chi connectivity index (χ0v) is 5.77. The Morgan fingerprint density at radius 2 is 2.44 bits per heavy atom. The van der Waals surface area contributed by atoms with E-state index in [1.54, 1.807) is 0 Å². The van der Waals surface area contributed by atoms with E-state index >= 15 is 0 Å². The number of fused-ring (bicyclic) bond motifs is 1. The van der Waals surface area contributed by atoms with Gasteiger partial charge in [0.25, 0.3) is 0 Å². The molecule has 0 aromatic rings. The van der Waals surface area contributed by atoms with Crippen LogP contribution in [-0.4, -0.2) is 24.0 Å². The molecule has 2 fully saturated rings. The highest BCUT2D eigenvalue weighted by Gasteiger charge is 2.30. The van der Waals surface area contributed by atoms with Crippen LogP contribution in [0.4, 0.5) is 0 Å². The molecule has 9 heavy (non-hydrogen) atoms. The molecule has 0 aromatic heterocycles. The molecule has 0 N–H and O–H groups in total. The van der Waals surface area contributed by atoms with Crippen molar-refractivity contribution in [3.05, 3.63) is 12.2 Å². The van der Waals surface area contributed by atoms with Crippen LogP contribution in [0.3, 0.4) is 0 Å². The Morgan fingerprint density at radius 1 is 1.56 bits per heavy atom. The van der Waals surface area contributed by atoms with E-state index in [0.717, 1.165) is 6.04 Å². The highest BCUT2D eigenvalue weighted by molar-refractivity contribution is 5.09. The van der Waals surface area contributed by atoms with Crippen molar-refractivity contribution in [2.24, 2.45) is 0 Å². The maximum Gasteiger partial charge on any atom is 0.0193 e. The molecule has 0 saturated carbocycles. The van der Waals surface area contributed by atoms with Crippen molar-refractivity contribution >= 4 is 0 Å². The minimum atomic E-state index is 0.887. The fraction of sp³-hybridized carbons (Fsp3) is 0.750. The highest BCUT2D eigenvalue weighted by Crippen LogP contribution is 2.29. The topological polar surface area (TPSA) is 3.24 Å². The van der Waals surface area contributed by atoms with Gasteiger partial charge in [0.15, 0.2) is 0 Å². The van der Waals surface area contributed by atoms with Gasteiger partial charge < -0.3 is 0 Å². The largest absolute Gasteiger partial charge is 0.296 e. The first-order valence-corrected chi connectivity index (χ1v) is 3.77. The van der Waals surface area contributed by atoms with E-state index in [4.69, 9.17) is 0 Å². The second-order valence-corrected chi connectivity index (χ2v) is 3.22. The minimum Gasteiger partial charge on any atom is -0.296 e. The number of hydrogen-bond donors (Lipinski definition) is 0. The van der Waals surface area contributed by atoms with Crippen LogP contribution in [0.1, 0.15) is 19.3 Å². The van der Waals surface area contributed by atoms with Crippen LogP contribution < -0.4 is 0 Å². The van der Waals surface area contributed by atoms with Crippen LogP contribution in [-0.2, 0) is 0 Å².